The van der Waals surface area contributed by atoms with E-state index in [9.17, 15) is 14.4 Å². The molecule has 3 fully saturated rings. The third kappa shape index (κ3) is 12.4. The van der Waals surface area contributed by atoms with E-state index in [0.29, 0.717) is 35.7 Å². The normalized spacial score (nSPS) is 28.3. The van der Waals surface area contributed by atoms with E-state index in [2.05, 4.69) is 80.8 Å². The Hall–Kier alpha value is -4.86. The van der Waals surface area contributed by atoms with Crippen LogP contribution in [0.4, 0.5) is 0 Å². The molecule has 3 aliphatic carbocycles. The van der Waals surface area contributed by atoms with Gasteiger partial charge in [-0.2, -0.15) is 0 Å². The summed E-state index contributed by atoms with van der Waals surface area (Å²) in [5.41, 5.74) is -4.52. The number of allylic oxidation sites excluding steroid dienone is 2. The van der Waals surface area contributed by atoms with Crippen LogP contribution in [0.5, 0.6) is 0 Å². The maximum atomic E-state index is 16.9. The van der Waals surface area contributed by atoms with Gasteiger partial charge in [0.25, 0.3) is 5.91 Å². The molecule has 1 heterocycles. The van der Waals surface area contributed by atoms with Gasteiger partial charge in [0.1, 0.15) is 30.0 Å². The van der Waals surface area contributed by atoms with Crippen LogP contribution in [-0.4, -0.2) is 131 Å². The summed E-state index contributed by atoms with van der Waals surface area (Å²) in [7, 11) is -5.55. The van der Waals surface area contributed by atoms with Crippen LogP contribution >= 0.6 is 0 Å². The highest BCUT2D eigenvalue weighted by atomic mass is 28.4. The number of rotatable bonds is 26. The Labute approximate surface area is 496 Å². The standard InChI is InChI=1S/C66H97NO14Si2/c1-20-30-47-31-28-29-34-49(47)61(71)67-50(36-40(6)7)51(80-83(41(8)9,42(10)11)43(12)13)38-75-55-44(14)54-56(77-45(15)68)58(70)64(19)52(81-82(22-3,23-4)24-5)37-53-65(39-76-53,79-46(16)69)57(64)60(78-62(72)48-32-26-25-27-33-48)66(73,63(54,17)18)59(55)74-35-21-2/h20-21,25-29,31-34,36,41-43,50-53,55-57,59-60,73H,1-2,22-24,30,35,37-39H2,3-19H3,(H,67,71)/t50-,51-,52?,53+,55+,56+,57-,59-,60-,64+,65-,66+/m0/s1. The van der Waals surface area contributed by atoms with Crippen LogP contribution in [0.1, 0.15) is 150 Å². The lowest BCUT2D eigenvalue weighted by Crippen LogP contribution is -2.84. The molecule has 6 rings (SSSR count). The van der Waals surface area contributed by atoms with Crippen molar-refractivity contribution in [1.82, 2.24) is 5.32 Å². The Kier molecular flexibility index (Phi) is 21.7. The maximum absolute atomic E-state index is 16.9. The topological polar surface area (TPSA) is 191 Å². The molecule has 2 N–H and O–H groups in total. The number of nitrogens with one attached hydrogen (secondary N) is 1. The molecular weight excluding hydrogens is 1090 g/mol. The number of esters is 3. The van der Waals surface area contributed by atoms with E-state index in [-0.39, 0.29) is 59.9 Å². The van der Waals surface area contributed by atoms with E-state index in [4.69, 9.17) is 37.3 Å². The van der Waals surface area contributed by atoms with Gasteiger partial charge >= 0.3 is 17.9 Å². The Morgan fingerprint density at radius 2 is 1.42 bits per heavy atom. The fraction of sp³-hybridized carbons (Fsp3) is 0.621. The third-order valence-electron chi connectivity index (χ3n) is 19.2. The van der Waals surface area contributed by atoms with Gasteiger partial charge in [0.2, 0.25) is 8.32 Å². The van der Waals surface area contributed by atoms with Crippen LogP contribution < -0.4 is 5.32 Å². The highest BCUT2D eigenvalue weighted by Gasteiger charge is 2.80. The monoisotopic (exact) mass is 1180 g/mol. The number of carbonyl (C=O) groups is 5. The van der Waals surface area contributed by atoms with Gasteiger partial charge in [-0.05, 0) is 104 Å². The molecular formula is C66H97NO14Si2. The average molecular weight is 1180 g/mol. The quantitative estimate of drug-likeness (QED) is 0.0391. The number of hydrogen-bond acceptors (Lipinski definition) is 14. The highest BCUT2D eigenvalue weighted by Crippen LogP contribution is 2.66. The van der Waals surface area contributed by atoms with E-state index in [0.717, 1.165) is 11.1 Å². The van der Waals surface area contributed by atoms with Gasteiger partial charge in [-0.3, -0.25) is 19.2 Å². The molecule has 2 aromatic rings. The van der Waals surface area contributed by atoms with Crippen LogP contribution in [0.15, 0.2) is 103 Å². The van der Waals surface area contributed by atoms with Crippen molar-refractivity contribution in [3.05, 3.63) is 119 Å². The fourth-order valence-electron chi connectivity index (χ4n) is 15.0. The van der Waals surface area contributed by atoms with Crippen LogP contribution in [0.25, 0.3) is 0 Å². The van der Waals surface area contributed by atoms with E-state index in [1.165, 1.54) is 13.8 Å². The first-order valence-electron chi connectivity index (χ1n) is 30.1. The van der Waals surface area contributed by atoms with Gasteiger partial charge < -0.3 is 47.7 Å². The van der Waals surface area contributed by atoms with Crippen LogP contribution in [-0.2, 0) is 58.1 Å². The smallest absolute Gasteiger partial charge is 0.338 e. The van der Waals surface area contributed by atoms with Gasteiger partial charge in [-0.15, -0.1) is 13.2 Å². The van der Waals surface area contributed by atoms with Crippen molar-refractivity contribution in [2.75, 3.05) is 19.8 Å². The van der Waals surface area contributed by atoms with Gasteiger partial charge in [0.15, 0.2) is 25.8 Å². The average Bonchev–Trinajstić information content (AvgIpc) is 0.766. The molecule has 1 aliphatic heterocycles. The highest BCUT2D eigenvalue weighted by molar-refractivity contribution is 6.77. The molecule has 12 atom stereocenters. The summed E-state index contributed by atoms with van der Waals surface area (Å²) in [6, 6.07) is 17.0. The van der Waals surface area contributed by atoms with Crippen molar-refractivity contribution in [3.8, 4) is 0 Å². The van der Waals surface area contributed by atoms with Gasteiger partial charge in [-0.25, -0.2) is 4.79 Å². The molecule has 1 amide bonds. The molecule has 2 aromatic carbocycles. The van der Waals surface area contributed by atoms with Crippen molar-refractivity contribution in [1.29, 1.82) is 0 Å². The molecule has 0 radical (unpaired) electrons. The zero-order chi connectivity index (χ0) is 61.8. The molecule has 4 aliphatic rings. The minimum Gasteiger partial charge on any atom is -0.455 e. The zero-order valence-electron chi connectivity index (χ0n) is 52.7. The predicted molar refractivity (Wildman–Crippen MR) is 327 cm³/mol. The predicted octanol–water partition coefficient (Wildman–Crippen LogP) is 11.9. The Balaban J connectivity index is 1.72. The van der Waals surface area contributed by atoms with Gasteiger partial charge in [0.05, 0.1) is 55.0 Å². The van der Waals surface area contributed by atoms with Crippen LogP contribution in [0.2, 0.25) is 34.8 Å². The largest absolute Gasteiger partial charge is 0.455 e. The van der Waals surface area contributed by atoms with Gasteiger partial charge in [0, 0.05) is 31.2 Å². The molecule has 2 saturated carbocycles. The van der Waals surface area contributed by atoms with Crippen molar-refractivity contribution in [2.24, 2.45) is 16.7 Å². The molecule has 0 spiro atoms. The lowest BCUT2D eigenvalue weighted by Gasteiger charge is -2.69. The second-order valence-corrected chi connectivity index (χ2v) is 35.6. The first kappa shape index (κ1) is 67.3. The summed E-state index contributed by atoms with van der Waals surface area (Å²) in [4.78, 5) is 74.6. The van der Waals surface area contributed by atoms with E-state index in [1.807, 2.05) is 38.1 Å². The number of Topliss-reactive ketones (excluding diaryl/α,β-unsaturated/α-hetero) is 1. The number of aliphatic hydroxyl groups is 1. The number of ketones is 1. The molecule has 83 heavy (non-hydrogen) atoms. The Morgan fingerprint density at radius 3 is 1.94 bits per heavy atom. The third-order valence-corrected chi connectivity index (χ3v) is 30.0. The van der Waals surface area contributed by atoms with Crippen molar-refractivity contribution in [3.63, 3.8) is 0 Å². The van der Waals surface area contributed by atoms with Crippen LogP contribution in [0, 0.1) is 16.7 Å². The number of ether oxygens (including phenoxy) is 6. The minimum absolute atomic E-state index is 0.0907. The lowest BCUT2D eigenvalue weighted by atomic mass is 9.44. The number of carbonyl (C=O) groups excluding carboxylic acids is 5. The molecule has 2 bridgehead atoms. The first-order valence-corrected chi connectivity index (χ1v) is 34.7. The van der Waals surface area contributed by atoms with Crippen LogP contribution in [0.3, 0.4) is 0 Å². The van der Waals surface area contributed by atoms with Crippen molar-refractivity contribution < 1.29 is 66.4 Å². The summed E-state index contributed by atoms with van der Waals surface area (Å²) in [6.45, 7) is 40.0. The Morgan fingerprint density at radius 1 is 0.819 bits per heavy atom. The number of benzene rings is 2. The Bertz CT molecular complexity index is 2720. The van der Waals surface area contributed by atoms with E-state index in [1.54, 1.807) is 76.2 Å². The second-order valence-electron chi connectivity index (χ2n) is 25.5. The van der Waals surface area contributed by atoms with Crippen molar-refractivity contribution >= 4 is 46.2 Å². The molecule has 0 aromatic heterocycles. The molecule has 17 heteroatoms. The van der Waals surface area contributed by atoms with Gasteiger partial charge in [-0.1, -0.05) is 136 Å². The van der Waals surface area contributed by atoms with E-state index >= 15 is 14.7 Å². The molecule has 1 saturated heterocycles. The fourth-order valence-corrected chi connectivity index (χ4v) is 23.5. The lowest BCUT2D eigenvalue weighted by molar-refractivity contribution is -0.352. The zero-order valence-corrected chi connectivity index (χ0v) is 54.7. The minimum atomic E-state index is -2.87. The molecule has 1 unspecified atom stereocenters. The maximum Gasteiger partial charge on any atom is 0.338 e. The van der Waals surface area contributed by atoms with Crippen molar-refractivity contribution in [2.45, 2.75) is 225 Å². The number of amides is 1. The van der Waals surface area contributed by atoms with E-state index < -0.39 is 117 Å². The summed E-state index contributed by atoms with van der Waals surface area (Å²) < 4.78 is 56.1. The summed E-state index contributed by atoms with van der Waals surface area (Å²) in [6.07, 6.45) is -3.23. The molecule has 458 valence electrons. The first-order chi connectivity index (χ1) is 39.0. The number of hydrogen-bond donors (Lipinski definition) is 2. The number of fused-ring (bicyclic) bond motifs is 5. The molecule has 15 nitrogen and oxygen atoms in total. The summed E-state index contributed by atoms with van der Waals surface area (Å²) >= 11 is 0. The summed E-state index contributed by atoms with van der Waals surface area (Å²) in [5.74, 6) is -4.66. The summed E-state index contributed by atoms with van der Waals surface area (Å²) in [5, 5.41) is 18.4. The second kappa shape index (κ2) is 26.8. The SMILES string of the molecule is C=CCO[C@H]1[C@H](OC[C@H](O[Si](C(C)C)(C(C)C)C(C)C)[C@H](C=C(C)C)NC(=O)c2ccccc2CC=C)C(C)=C2[C@@H](OC(C)=O)C(=O)[C@]3(C)C(O[Si](CC)(CC)CC)C[C@H]4OC[C@@]4(OC(C)=O)[C@H]3[C@H](OC(=O)c3ccccc3)[C@@]1(O)C2(C)C.